The van der Waals surface area contributed by atoms with E-state index >= 15 is 0 Å². The molecule has 1 unspecified atom stereocenters. The van der Waals surface area contributed by atoms with Gasteiger partial charge >= 0.3 is 0 Å². The second kappa shape index (κ2) is 8.02. The molecule has 1 aliphatic heterocycles. The molecule has 2 aliphatic rings. The molecule has 0 amide bonds. The molecule has 0 aromatic carbocycles. The quantitative estimate of drug-likeness (QED) is 0.523. The van der Waals surface area contributed by atoms with Crippen molar-refractivity contribution in [2.75, 3.05) is 42.7 Å². The molecule has 1 aliphatic carbocycles. The third kappa shape index (κ3) is 4.74. The van der Waals surface area contributed by atoms with Crippen LogP contribution in [0.25, 0.3) is 5.65 Å². The van der Waals surface area contributed by atoms with Gasteiger partial charge in [0.05, 0.1) is 5.75 Å². The predicted octanol–water partition coefficient (Wildman–Crippen LogP) is 0.705. The summed E-state index contributed by atoms with van der Waals surface area (Å²) in [4.78, 5) is 10.9. The molecule has 0 radical (unpaired) electrons. The highest BCUT2D eigenvalue weighted by Crippen LogP contribution is 2.35. The Balaban J connectivity index is 1.42. The van der Waals surface area contributed by atoms with E-state index in [1.54, 1.807) is 6.07 Å². The topological polar surface area (TPSA) is 117 Å². The van der Waals surface area contributed by atoms with Crippen molar-refractivity contribution in [1.82, 2.24) is 29.6 Å². The molecule has 14 heteroatoms. The molecule has 2 aromatic heterocycles. The number of aromatic nitrogens is 4. The Morgan fingerprint density at radius 3 is 2.73 bits per heavy atom. The summed E-state index contributed by atoms with van der Waals surface area (Å²) in [7, 11) is -1.84. The largest absolute Gasteiger partial charge is 0.353 e. The summed E-state index contributed by atoms with van der Waals surface area (Å²) in [6.07, 6.45) is -0.638. The maximum Gasteiger partial charge on any atom is 0.249 e. The van der Waals surface area contributed by atoms with Crippen molar-refractivity contribution >= 4 is 39.2 Å². The van der Waals surface area contributed by atoms with Crippen molar-refractivity contribution in [2.45, 2.75) is 37.3 Å². The number of halogens is 3. The fourth-order valence-electron chi connectivity index (χ4n) is 3.59. The van der Waals surface area contributed by atoms with Gasteiger partial charge in [-0.1, -0.05) is 11.6 Å². The minimum Gasteiger partial charge on any atom is -0.353 e. The normalized spacial score (nSPS) is 21.9. The lowest BCUT2D eigenvalue weighted by molar-refractivity contribution is 0.00761. The van der Waals surface area contributed by atoms with E-state index in [-0.39, 0.29) is 30.3 Å². The standard InChI is InChI=1S/C16H23ClF2N8O2S/c1-20-11-8-26(9-11)15-22-13-6-12(17)24-27(13)14(23-15)21-4-5-30(28,29)25-10-2-3-16(18,19)7-10/h6,10-11,20,25H,2-5,7-9H2,1H3,(H,21,22,23). The van der Waals surface area contributed by atoms with E-state index in [9.17, 15) is 17.2 Å². The average Bonchev–Trinajstić information content (AvgIpc) is 3.14. The first-order chi connectivity index (χ1) is 14.1. The van der Waals surface area contributed by atoms with Crippen molar-refractivity contribution in [2.24, 2.45) is 0 Å². The minimum atomic E-state index is -3.73. The van der Waals surface area contributed by atoms with Gasteiger partial charge in [0.2, 0.25) is 27.8 Å². The second-order valence-electron chi connectivity index (χ2n) is 7.63. The van der Waals surface area contributed by atoms with Crippen LogP contribution in [0.4, 0.5) is 20.7 Å². The molecule has 2 aromatic rings. The van der Waals surface area contributed by atoms with Gasteiger partial charge in [-0.05, 0) is 13.5 Å². The number of nitrogens with one attached hydrogen (secondary N) is 3. The molecular weight excluding hydrogens is 442 g/mol. The number of anilines is 2. The van der Waals surface area contributed by atoms with Gasteiger partial charge in [0.25, 0.3) is 0 Å². The molecule has 0 spiro atoms. The van der Waals surface area contributed by atoms with Crippen LogP contribution in [0.3, 0.4) is 0 Å². The first kappa shape index (κ1) is 21.4. The molecule has 3 heterocycles. The number of hydrogen-bond acceptors (Lipinski definition) is 8. The molecule has 1 saturated carbocycles. The predicted molar refractivity (Wildman–Crippen MR) is 109 cm³/mol. The number of sulfonamides is 1. The lowest BCUT2D eigenvalue weighted by atomic mass is 10.1. The monoisotopic (exact) mass is 464 g/mol. The fourth-order valence-corrected chi connectivity index (χ4v) is 4.96. The first-order valence-electron chi connectivity index (χ1n) is 9.61. The van der Waals surface area contributed by atoms with Crippen LogP contribution in [-0.4, -0.2) is 78.4 Å². The highest BCUT2D eigenvalue weighted by molar-refractivity contribution is 7.89. The zero-order valence-corrected chi connectivity index (χ0v) is 17.8. The summed E-state index contributed by atoms with van der Waals surface area (Å²) in [5.74, 6) is -2.31. The Bertz CT molecular complexity index is 1030. The van der Waals surface area contributed by atoms with Gasteiger partial charge in [0.1, 0.15) is 0 Å². The average molecular weight is 465 g/mol. The maximum atomic E-state index is 13.3. The molecule has 166 valence electrons. The first-order valence-corrected chi connectivity index (χ1v) is 11.6. The van der Waals surface area contributed by atoms with Gasteiger partial charge in [-0.25, -0.2) is 21.9 Å². The summed E-state index contributed by atoms with van der Waals surface area (Å²) in [5.41, 5.74) is 0.481. The van der Waals surface area contributed by atoms with Gasteiger partial charge in [-0.3, -0.25) is 0 Å². The van der Waals surface area contributed by atoms with E-state index in [0.29, 0.717) is 23.6 Å². The van der Waals surface area contributed by atoms with Crippen LogP contribution in [0.1, 0.15) is 19.3 Å². The van der Waals surface area contributed by atoms with Crippen molar-refractivity contribution in [3.63, 3.8) is 0 Å². The number of alkyl halides is 2. The highest BCUT2D eigenvalue weighted by Gasteiger charge is 2.40. The summed E-state index contributed by atoms with van der Waals surface area (Å²) < 4.78 is 54.9. The Hall–Kier alpha value is -1.83. The zero-order chi connectivity index (χ0) is 21.5. The number of rotatable bonds is 8. The van der Waals surface area contributed by atoms with Crippen LogP contribution in [0.2, 0.25) is 5.15 Å². The van der Waals surface area contributed by atoms with Gasteiger partial charge in [0.15, 0.2) is 10.8 Å². The highest BCUT2D eigenvalue weighted by atomic mass is 35.5. The number of nitrogens with zero attached hydrogens (tertiary/aromatic N) is 5. The van der Waals surface area contributed by atoms with Crippen LogP contribution in [-0.2, 0) is 10.0 Å². The molecular formula is C16H23ClF2N8O2S. The van der Waals surface area contributed by atoms with E-state index in [0.717, 1.165) is 13.1 Å². The molecule has 10 nitrogen and oxygen atoms in total. The Morgan fingerprint density at radius 2 is 2.07 bits per heavy atom. The smallest absolute Gasteiger partial charge is 0.249 e. The van der Waals surface area contributed by atoms with Gasteiger partial charge in [-0.2, -0.15) is 19.6 Å². The Kier molecular flexibility index (Phi) is 5.72. The third-order valence-corrected chi connectivity index (χ3v) is 6.88. The molecule has 30 heavy (non-hydrogen) atoms. The summed E-state index contributed by atoms with van der Waals surface area (Å²) >= 11 is 5.99. The second-order valence-corrected chi connectivity index (χ2v) is 9.89. The van der Waals surface area contributed by atoms with Crippen LogP contribution >= 0.6 is 11.6 Å². The summed E-state index contributed by atoms with van der Waals surface area (Å²) in [5, 5.41) is 10.5. The van der Waals surface area contributed by atoms with E-state index in [4.69, 9.17) is 11.6 Å². The molecule has 4 rings (SSSR count). The zero-order valence-electron chi connectivity index (χ0n) is 16.3. The lowest BCUT2D eigenvalue weighted by Gasteiger charge is -2.39. The van der Waals surface area contributed by atoms with Gasteiger partial charge < -0.3 is 15.5 Å². The SMILES string of the molecule is CNC1CN(c2nc(NCCS(=O)(=O)NC3CCC(F)(F)C3)n3nc(Cl)cc3n2)C1. The van der Waals surface area contributed by atoms with Gasteiger partial charge in [-0.15, -0.1) is 0 Å². The molecule has 3 N–H and O–H groups in total. The van der Waals surface area contributed by atoms with Crippen molar-refractivity contribution < 1.29 is 17.2 Å². The lowest BCUT2D eigenvalue weighted by Crippen LogP contribution is -2.57. The Morgan fingerprint density at radius 1 is 1.30 bits per heavy atom. The van der Waals surface area contributed by atoms with Crippen LogP contribution in [0.5, 0.6) is 0 Å². The minimum absolute atomic E-state index is 0.0145. The number of fused-ring (bicyclic) bond motifs is 1. The fraction of sp³-hybridized carbons (Fsp3) is 0.688. The maximum absolute atomic E-state index is 13.3. The number of hydrogen-bond donors (Lipinski definition) is 3. The summed E-state index contributed by atoms with van der Waals surface area (Å²) in [6, 6.07) is 1.21. The van der Waals surface area contributed by atoms with Crippen molar-refractivity contribution in [1.29, 1.82) is 0 Å². The van der Waals surface area contributed by atoms with Crippen molar-refractivity contribution in [3.05, 3.63) is 11.2 Å². The molecule has 0 bridgehead atoms. The van der Waals surface area contributed by atoms with Crippen molar-refractivity contribution in [3.8, 4) is 0 Å². The molecule has 1 atom stereocenters. The van der Waals surface area contributed by atoms with Crippen LogP contribution in [0.15, 0.2) is 6.07 Å². The van der Waals surface area contributed by atoms with E-state index in [1.807, 2.05) is 11.9 Å². The molecule has 2 fully saturated rings. The Labute approximate surface area is 177 Å². The van der Waals surface area contributed by atoms with Gasteiger partial charge in [0, 0.05) is 50.6 Å². The van der Waals surface area contributed by atoms with E-state index < -0.39 is 28.4 Å². The van der Waals surface area contributed by atoms with E-state index in [1.165, 1.54) is 4.52 Å². The number of likely N-dealkylation sites (N-methyl/N-ethyl adjacent to an activating group) is 1. The summed E-state index contributed by atoms with van der Waals surface area (Å²) in [6.45, 7) is 1.51. The van der Waals surface area contributed by atoms with Crippen LogP contribution < -0.4 is 20.3 Å². The third-order valence-electron chi connectivity index (χ3n) is 5.26. The van der Waals surface area contributed by atoms with Crippen LogP contribution in [0, 0.1) is 0 Å². The van der Waals surface area contributed by atoms with E-state index in [2.05, 4.69) is 30.4 Å². The molecule has 1 saturated heterocycles.